The van der Waals surface area contributed by atoms with E-state index in [0.717, 1.165) is 0 Å². The first kappa shape index (κ1) is 27.0. The molecule has 0 spiro atoms. The fourth-order valence-electron chi connectivity index (χ4n) is 4.20. The van der Waals surface area contributed by atoms with Crippen molar-refractivity contribution in [2.45, 2.75) is 31.3 Å². The minimum absolute atomic E-state index is 0.122. The Morgan fingerprint density at radius 3 is 2.48 bits per heavy atom. The van der Waals surface area contributed by atoms with Crippen molar-refractivity contribution in [2.24, 2.45) is 0 Å². The van der Waals surface area contributed by atoms with Crippen molar-refractivity contribution < 1.29 is 22.7 Å². The number of piperazine rings is 1. The van der Waals surface area contributed by atoms with Gasteiger partial charge in [0.05, 0.1) is 22.1 Å². The van der Waals surface area contributed by atoms with Crippen molar-refractivity contribution in [1.82, 2.24) is 19.9 Å². The van der Waals surface area contributed by atoms with Gasteiger partial charge in [-0.15, -0.1) is 0 Å². The molecule has 40 heavy (non-hydrogen) atoms. The molecule has 0 radical (unpaired) electrons. The lowest BCUT2D eigenvalue weighted by atomic mass is 10.1. The van der Waals surface area contributed by atoms with E-state index in [1.807, 2.05) is 0 Å². The SMILES string of the molecule is CC(C)(C)OC(=O)N1CCN(c2cnc3ccc(-c4cccnc4NS(=O)(=O)c4ccccc4)cc3n2)C(=O)C1. The summed E-state index contributed by atoms with van der Waals surface area (Å²) in [5.41, 5.74) is 1.67. The Morgan fingerprint density at radius 2 is 1.75 bits per heavy atom. The smallest absolute Gasteiger partial charge is 0.410 e. The van der Waals surface area contributed by atoms with Gasteiger partial charge in [-0.1, -0.05) is 24.3 Å². The highest BCUT2D eigenvalue weighted by molar-refractivity contribution is 7.92. The number of pyridine rings is 1. The molecule has 3 heterocycles. The minimum Gasteiger partial charge on any atom is -0.444 e. The van der Waals surface area contributed by atoms with E-state index in [1.54, 1.807) is 69.3 Å². The summed E-state index contributed by atoms with van der Waals surface area (Å²) in [7, 11) is -3.86. The average molecular weight is 561 g/mol. The average Bonchev–Trinajstić information content (AvgIpc) is 2.92. The maximum atomic E-state index is 12.9. The van der Waals surface area contributed by atoms with Crippen molar-refractivity contribution in [1.29, 1.82) is 0 Å². The molecule has 0 saturated carbocycles. The number of sulfonamides is 1. The number of aromatic nitrogens is 3. The monoisotopic (exact) mass is 560 g/mol. The predicted octanol–water partition coefficient (Wildman–Crippen LogP) is 4.08. The number of ether oxygens (including phenoxy) is 1. The van der Waals surface area contributed by atoms with Crippen LogP contribution in [0.5, 0.6) is 0 Å². The van der Waals surface area contributed by atoms with Crippen LogP contribution >= 0.6 is 0 Å². The third-order valence-electron chi connectivity index (χ3n) is 6.08. The number of benzene rings is 2. The Labute approximate surface area is 231 Å². The number of hydrogen-bond acceptors (Lipinski definition) is 8. The Hall–Kier alpha value is -4.58. The maximum Gasteiger partial charge on any atom is 0.410 e. The summed E-state index contributed by atoms with van der Waals surface area (Å²) in [6, 6.07) is 16.9. The molecule has 2 aromatic heterocycles. The number of anilines is 2. The van der Waals surface area contributed by atoms with E-state index in [-0.39, 0.29) is 29.7 Å². The first-order valence-electron chi connectivity index (χ1n) is 12.6. The van der Waals surface area contributed by atoms with Gasteiger partial charge < -0.3 is 4.74 Å². The largest absolute Gasteiger partial charge is 0.444 e. The lowest BCUT2D eigenvalue weighted by Gasteiger charge is -2.34. The fraction of sp³-hybridized carbons (Fsp3) is 0.250. The molecular formula is C28H28N6O5S. The third kappa shape index (κ3) is 5.86. The second-order valence-corrected chi connectivity index (χ2v) is 11.9. The van der Waals surface area contributed by atoms with Gasteiger partial charge in [0.1, 0.15) is 18.0 Å². The van der Waals surface area contributed by atoms with Crippen LogP contribution in [0.15, 0.2) is 78.0 Å². The van der Waals surface area contributed by atoms with Gasteiger partial charge in [-0.2, -0.15) is 0 Å². The van der Waals surface area contributed by atoms with Crippen molar-refractivity contribution in [3.8, 4) is 11.1 Å². The molecule has 5 rings (SSSR count). The number of carbonyl (C=O) groups excluding carboxylic acids is 2. The van der Waals surface area contributed by atoms with Gasteiger partial charge in [-0.3, -0.25) is 24.3 Å². The maximum absolute atomic E-state index is 12.9. The molecule has 12 heteroatoms. The molecule has 0 aliphatic carbocycles. The number of carbonyl (C=O) groups is 2. The van der Waals surface area contributed by atoms with Gasteiger partial charge in [0.25, 0.3) is 10.0 Å². The van der Waals surface area contributed by atoms with E-state index in [9.17, 15) is 18.0 Å². The van der Waals surface area contributed by atoms with Crippen molar-refractivity contribution in [2.75, 3.05) is 29.3 Å². The van der Waals surface area contributed by atoms with Crippen LogP contribution in [0.1, 0.15) is 20.8 Å². The number of hydrogen-bond donors (Lipinski definition) is 1. The standard InChI is InChI=1S/C28H28N6O5S/c1-28(2,3)39-27(36)33-14-15-34(25(35)18-33)24-17-30-22-12-11-19(16-23(22)31-24)21-10-7-13-29-26(21)32-40(37,38)20-8-5-4-6-9-20/h4-13,16-17H,14-15,18H2,1-3H3,(H,29,32). The van der Waals surface area contributed by atoms with Crippen LogP contribution in [0, 0.1) is 0 Å². The molecular weight excluding hydrogens is 532 g/mol. The molecule has 2 aromatic carbocycles. The molecule has 1 aliphatic heterocycles. The van der Waals surface area contributed by atoms with Crippen LogP contribution in [-0.4, -0.2) is 65.5 Å². The van der Waals surface area contributed by atoms with Crippen LogP contribution in [0.4, 0.5) is 16.4 Å². The zero-order valence-corrected chi connectivity index (χ0v) is 23.1. The number of nitrogens with zero attached hydrogens (tertiary/aromatic N) is 5. The molecule has 206 valence electrons. The molecule has 4 aromatic rings. The summed E-state index contributed by atoms with van der Waals surface area (Å²) >= 11 is 0. The van der Waals surface area contributed by atoms with Crippen molar-refractivity contribution in [3.05, 3.63) is 73.1 Å². The quantitative estimate of drug-likeness (QED) is 0.386. The summed E-state index contributed by atoms with van der Waals surface area (Å²) in [6.07, 6.45) is 2.49. The molecule has 1 saturated heterocycles. The van der Waals surface area contributed by atoms with Crippen LogP contribution in [0.3, 0.4) is 0 Å². The number of rotatable bonds is 5. The summed E-state index contributed by atoms with van der Waals surface area (Å²) in [5, 5.41) is 0. The summed E-state index contributed by atoms with van der Waals surface area (Å²) < 4.78 is 33.8. The zero-order chi connectivity index (χ0) is 28.5. The Kier molecular flexibility index (Phi) is 7.11. The van der Waals surface area contributed by atoms with E-state index in [4.69, 9.17) is 4.74 Å². The summed E-state index contributed by atoms with van der Waals surface area (Å²) in [5.74, 6) is 0.227. The Bertz CT molecular complexity index is 1690. The highest BCUT2D eigenvalue weighted by atomic mass is 32.2. The van der Waals surface area contributed by atoms with Gasteiger partial charge in [0.2, 0.25) is 5.91 Å². The molecule has 1 fully saturated rings. The molecule has 11 nitrogen and oxygen atoms in total. The Morgan fingerprint density at radius 1 is 0.975 bits per heavy atom. The molecule has 1 aliphatic rings. The van der Waals surface area contributed by atoms with Gasteiger partial charge in [-0.05, 0) is 62.7 Å². The van der Waals surface area contributed by atoms with Gasteiger partial charge >= 0.3 is 6.09 Å². The highest BCUT2D eigenvalue weighted by Crippen LogP contribution is 2.30. The van der Waals surface area contributed by atoms with Gasteiger partial charge in [0, 0.05) is 24.8 Å². The minimum atomic E-state index is -3.86. The third-order valence-corrected chi connectivity index (χ3v) is 7.44. The highest BCUT2D eigenvalue weighted by Gasteiger charge is 2.31. The first-order valence-corrected chi connectivity index (χ1v) is 14.1. The van der Waals surface area contributed by atoms with Crippen LogP contribution in [-0.2, 0) is 19.6 Å². The predicted molar refractivity (Wildman–Crippen MR) is 150 cm³/mol. The zero-order valence-electron chi connectivity index (χ0n) is 22.2. The second kappa shape index (κ2) is 10.5. The summed E-state index contributed by atoms with van der Waals surface area (Å²) in [4.78, 5) is 41.7. The van der Waals surface area contributed by atoms with Crippen molar-refractivity contribution >= 4 is 44.7 Å². The topological polar surface area (TPSA) is 135 Å². The normalized spacial score (nSPS) is 14.3. The van der Waals surface area contributed by atoms with E-state index >= 15 is 0 Å². The molecule has 0 bridgehead atoms. The van der Waals surface area contributed by atoms with Crippen LogP contribution in [0.25, 0.3) is 22.2 Å². The number of nitrogens with one attached hydrogen (secondary N) is 1. The number of amides is 2. The summed E-state index contributed by atoms with van der Waals surface area (Å²) in [6.45, 7) is 5.72. The van der Waals surface area contributed by atoms with E-state index in [0.29, 0.717) is 34.5 Å². The van der Waals surface area contributed by atoms with E-state index in [1.165, 1.54) is 34.3 Å². The lowest BCUT2D eigenvalue weighted by Crippen LogP contribution is -2.53. The Balaban J connectivity index is 1.40. The van der Waals surface area contributed by atoms with Crippen molar-refractivity contribution in [3.63, 3.8) is 0 Å². The molecule has 2 amide bonds. The first-order chi connectivity index (χ1) is 19.0. The van der Waals surface area contributed by atoms with E-state index < -0.39 is 21.7 Å². The molecule has 1 N–H and O–H groups in total. The van der Waals surface area contributed by atoms with E-state index in [2.05, 4.69) is 19.7 Å². The van der Waals surface area contributed by atoms with Gasteiger partial charge in [-0.25, -0.2) is 23.2 Å². The van der Waals surface area contributed by atoms with Crippen LogP contribution in [0.2, 0.25) is 0 Å². The number of fused-ring (bicyclic) bond motifs is 1. The fourth-order valence-corrected chi connectivity index (χ4v) is 5.25. The molecule has 0 atom stereocenters. The molecule has 0 unspecified atom stereocenters. The lowest BCUT2D eigenvalue weighted by molar-refractivity contribution is -0.121. The van der Waals surface area contributed by atoms with Gasteiger partial charge in [0.15, 0.2) is 5.82 Å². The second-order valence-electron chi connectivity index (χ2n) is 10.2. The van der Waals surface area contributed by atoms with Crippen LogP contribution < -0.4 is 9.62 Å².